The first-order valence-electron chi connectivity index (χ1n) is 5.79. The molecule has 0 saturated carbocycles. The fourth-order valence-electron chi connectivity index (χ4n) is 2.20. The quantitative estimate of drug-likeness (QED) is 0.638. The van der Waals surface area contributed by atoms with E-state index in [1.807, 2.05) is 6.07 Å². The fourth-order valence-corrected chi connectivity index (χ4v) is 2.20. The fraction of sp³-hybridized carbons (Fsp3) is 0.500. The number of rotatable bonds is 3. The first-order valence-corrected chi connectivity index (χ1v) is 5.79. The molecule has 1 fully saturated rings. The van der Waals surface area contributed by atoms with Gasteiger partial charge in [-0.25, -0.2) is 0 Å². The van der Waals surface area contributed by atoms with Crippen molar-refractivity contribution in [1.29, 1.82) is 0 Å². The maximum atomic E-state index is 10.6. The Bertz CT molecular complexity index is 408. The molecule has 1 aromatic carbocycles. The summed E-state index contributed by atoms with van der Waals surface area (Å²) in [6.45, 7) is 2.27. The van der Waals surface area contributed by atoms with Gasteiger partial charge in [-0.15, -0.1) is 0 Å². The van der Waals surface area contributed by atoms with Gasteiger partial charge in [0.05, 0.1) is 11.0 Å². The minimum atomic E-state index is -0.380. The molecule has 0 aliphatic carbocycles. The van der Waals surface area contributed by atoms with Crippen LogP contribution in [-0.2, 0) is 6.54 Å². The molecule has 17 heavy (non-hydrogen) atoms. The predicted octanol–water partition coefficient (Wildman–Crippen LogP) is 1.55. The van der Waals surface area contributed by atoms with Crippen LogP contribution in [0.4, 0.5) is 5.69 Å². The predicted molar refractivity (Wildman–Crippen MR) is 63.6 cm³/mol. The van der Waals surface area contributed by atoms with Gasteiger partial charge in [0.15, 0.2) is 0 Å². The maximum absolute atomic E-state index is 10.6. The van der Waals surface area contributed by atoms with Crippen LogP contribution in [0, 0.1) is 10.1 Å². The van der Waals surface area contributed by atoms with E-state index in [-0.39, 0.29) is 16.7 Å². The van der Waals surface area contributed by atoms with Gasteiger partial charge in [0, 0.05) is 25.2 Å². The number of aliphatic hydroxyl groups is 1. The van der Waals surface area contributed by atoms with Crippen molar-refractivity contribution in [3.05, 3.63) is 39.9 Å². The summed E-state index contributed by atoms with van der Waals surface area (Å²) in [6, 6.07) is 6.68. The molecule has 0 amide bonds. The highest BCUT2D eigenvalue weighted by Gasteiger charge is 2.18. The first-order chi connectivity index (χ1) is 8.15. The van der Waals surface area contributed by atoms with Crippen molar-refractivity contribution in [2.45, 2.75) is 25.5 Å². The van der Waals surface area contributed by atoms with Crippen LogP contribution >= 0.6 is 0 Å². The molecule has 1 aliphatic heterocycles. The number of non-ortho nitro benzene ring substituents is 1. The third-order valence-corrected chi connectivity index (χ3v) is 3.01. The number of β-amino-alcohol motifs (C(OH)–C–C–N with tert-alkyl or cyclic N) is 1. The average Bonchev–Trinajstić information content (AvgIpc) is 2.29. The number of aliphatic hydroxyl groups excluding tert-OH is 1. The highest BCUT2D eigenvalue weighted by Crippen LogP contribution is 2.17. The molecular weight excluding hydrogens is 220 g/mol. The van der Waals surface area contributed by atoms with E-state index in [9.17, 15) is 15.2 Å². The third-order valence-electron chi connectivity index (χ3n) is 3.01. The van der Waals surface area contributed by atoms with Crippen molar-refractivity contribution < 1.29 is 10.0 Å². The van der Waals surface area contributed by atoms with Crippen LogP contribution in [0.5, 0.6) is 0 Å². The molecule has 1 unspecified atom stereocenters. The number of nitro groups is 1. The van der Waals surface area contributed by atoms with E-state index in [0.29, 0.717) is 13.1 Å². The summed E-state index contributed by atoms with van der Waals surface area (Å²) in [5.74, 6) is 0. The highest BCUT2D eigenvalue weighted by molar-refractivity contribution is 5.34. The molecule has 1 aromatic rings. The van der Waals surface area contributed by atoms with Crippen LogP contribution in [0.3, 0.4) is 0 Å². The van der Waals surface area contributed by atoms with E-state index in [4.69, 9.17) is 0 Å². The zero-order chi connectivity index (χ0) is 12.3. The van der Waals surface area contributed by atoms with Gasteiger partial charge in [0.1, 0.15) is 0 Å². The number of benzene rings is 1. The Morgan fingerprint density at radius 2 is 2.35 bits per heavy atom. The second-order valence-electron chi connectivity index (χ2n) is 4.46. The lowest BCUT2D eigenvalue weighted by atomic mass is 10.1. The van der Waals surface area contributed by atoms with E-state index in [1.54, 1.807) is 12.1 Å². The van der Waals surface area contributed by atoms with Crippen molar-refractivity contribution in [3.63, 3.8) is 0 Å². The monoisotopic (exact) mass is 236 g/mol. The second kappa shape index (κ2) is 5.25. The molecule has 0 aromatic heterocycles. The largest absolute Gasteiger partial charge is 0.392 e. The molecule has 1 atom stereocenters. The van der Waals surface area contributed by atoms with Crippen LogP contribution in [0.15, 0.2) is 24.3 Å². The van der Waals surface area contributed by atoms with Gasteiger partial charge in [-0.05, 0) is 24.9 Å². The Kier molecular flexibility index (Phi) is 3.71. The summed E-state index contributed by atoms with van der Waals surface area (Å²) >= 11 is 0. The number of hydrogen-bond donors (Lipinski definition) is 1. The smallest absolute Gasteiger partial charge is 0.269 e. The minimum absolute atomic E-state index is 0.125. The van der Waals surface area contributed by atoms with E-state index in [2.05, 4.69) is 4.90 Å². The average molecular weight is 236 g/mol. The molecule has 1 N–H and O–H groups in total. The third kappa shape index (κ3) is 3.25. The van der Waals surface area contributed by atoms with Crippen LogP contribution < -0.4 is 0 Å². The van der Waals surface area contributed by atoms with Crippen LogP contribution in [-0.4, -0.2) is 34.1 Å². The number of nitro benzene ring substituents is 1. The van der Waals surface area contributed by atoms with Gasteiger partial charge in [-0.1, -0.05) is 12.1 Å². The maximum Gasteiger partial charge on any atom is 0.269 e. The lowest BCUT2D eigenvalue weighted by molar-refractivity contribution is -0.384. The van der Waals surface area contributed by atoms with Gasteiger partial charge in [-0.3, -0.25) is 15.0 Å². The Hall–Kier alpha value is -1.46. The van der Waals surface area contributed by atoms with Gasteiger partial charge >= 0.3 is 0 Å². The molecular formula is C12H16N2O3. The molecule has 92 valence electrons. The summed E-state index contributed by atoms with van der Waals surface area (Å²) in [7, 11) is 0. The number of likely N-dealkylation sites (tertiary alicyclic amines) is 1. The van der Waals surface area contributed by atoms with E-state index in [0.717, 1.165) is 24.9 Å². The zero-order valence-electron chi connectivity index (χ0n) is 9.58. The number of nitrogens with zero attached hydrogens (tertiary/aromatic N) is 2. The first kappa shape index (κ1) is 12.0. The van der Waals surface area contributed by atoms with Gasteiger partial charge in [0.25, 0.3) is 5.69 Å². The van der Waals surface area contributed by atoms with Crippen molar-refractivity contribution in [1.82, 2.24) is 4.90 Å². The van der Waals surface area contributed by atoms with Crippen molar-refractivity contribution in [2.24, 2.45) is 0 Å². The topological polar surface area (TPSA) is 66.6 Å². The van der Waals surface area contributed by atoms with Gasteiger partial charge in [-0.2, -0.15) is 0 Å². The summed E-state index contributed by atoms with van der Waals surface area (Å²) in [5, 5.41) is 20.2. The Morgan fingerprint density at radius 3 is 3.06 bits per heavy atom. The highest BCUT2D eigenvalue weighted by atomic mass is 16.6. The van der Waals surface area contributed by atoms with Crippen molar-refractivity contribution >= 4 is 5.69 Å². The van der Waals surface area contributed by atoms with Crippen LogP contribution in [0.1, 0.15) is 18.4 Å². The number of piperidine rings is 1. The summed E-state index contributed by atoms with van der Waals surface area (Å²) in [4.78, 5) is 12.4. The molecule has 1 aliphatic rings. The minimum Gasteiger partial charge on any atom is -0.392 e. The molecule has 5 heteroatoms. The molecule has 1 saturated heterocycles. The Labute approximate surface area is 99.8 Å². The molecule has 0 bridgehead atoms. The van der Waals surface area contributed by atoms with Crippen LogP contribution in [0.2, 0.25) is 0 Å². The molecule has 2 rings (SSSR count). The second-order valence-corrected chi connectivity index (χ2v) is 4.46. The van der Waals surface area contributed by atoms with Gasteiger partial charge in [0.2, 0.25) is 0 Å². The normalized spacial score (nSPS) is 21.4. The summed E-state index contributed by atoms with van der Waals surface area (Å²) < 4.78 is 0. The van der Waals surface area contributed by atoms with Crippen LogP contribution in [0.25, 0.3) is 0 Å². The van der Waals surface area contributed by atoms with Crippen molar-refractivity contribution in [3.8, 4) is 0 Å². The molecule has 0 radical (unpaired) electrons. The Morgan fingerprint density at radius 1 is 1.53 bits per heavy atom. The lowest BCUT2D eigenvalue weighted by Gasteiger charge is -2.29. The summed E-state index contributed by atoms with van der Waals surface area (Å²) in [5.41, 5.74) is 1.05. The SMILES string of the molecule is O=[N+]([O-])c1cccc(CN2CCCC(O)C2)c1. The van der Waals surface area contributed by atoms with E-state index < -0.39 is 0 Å². The Balaban J connectivity index is 2.02. The summed E-state index contributed by atoms with van der Waals surface area (Å²) in [6.07, 6.45) is 1.57. The zero-order valence-corrected chi connectivity index (χ0v) is 9.58. The van der Waals surface area contributed by atoms with Crippen molar-refractivity contribution in [2.75, 3.05) is 13.1 Å². The molecule has 1 heterocycles. The van der Waals surface area contributed by atoms with Gasteiger partial charge < -0.3 is 5.11 Å². The molecule has 0 spiro atoms. The van der Waals surface area contributed by atoms with E-state index >= 15 is 0 Å². The standard InChI is InChI=1S/C12H16N2O3/c15-12-5-2-6-13(9-12)8-10-3-1-4-11(7-10)14(16)17/h1,3-4,7,12,15H,2,5-6,8-9H2. The van der Waals surface area contributed by atoms with E-state index in [1.165, 1.54) is 6.07 Å². The lowest BCUT2D eigenvalue weighted by Crippen LogP contribution is -2.37. The molecule has 5 nitrogen and oxygen atoms in total. The number of hydrogen-bond acceptors (Lipinski definition) is 4.